The van der Waals surface area contributed by atoms with Crippen LogP contribution in [-0.2, 0) is 0 Å². The van der Waals surface area contributed by atoms with Crippen molar-refractivity contribution in [3.05, 3.63) is 17.5 Å². The zero-order valence-electron chi connectivity index (χ0n) is 14.2. The summed E-state index contributed by atoms with van der Waals surface area (Å²) in [5.41, 5.74) is 2.21. The quantitative estimate of drug-likeness (QED) is 0.874. The van der Waals surface area contributed by atoms with E-state index >= 15 is 0 Å². The van der Waals surface area contributed by atoms with E-state index < -0.39 is 0 Å². The van der Waals surface area contributed by atoms with Gasteiger partial charge in [0.1, 0.15) is 0 Å². The smallest absolute Gasteiger partial charge is 0.225 e. The topological polar surface area (TPSA) is 41.1 Å². The number of nitrogens with zero attached hydrogens (tertiary/aromatic N) is 3. The average Bonchev–Trinajstić information content (AvgIpc) is 2.89. The van der Waals surface area contributed by atoms with E-state index in [1.807, 2.05) is 0 Å². The molecule has 0 saturated carbocycles. The van der Waals surface area contributed by atoms with Crippen LogP contribution in [-0.4, -0.2) is 35.6 Å². The fourth-order valence-corrected chi connectivity index (χ4v) is 2.87. The second-order valence-electron chi connectivity index (χ2n) is 6.98. The van der Waals surface area contributed by atoms with E-state index in [2.05, 4.69) is 50.9 Å². The van der Waals surface area contributed by atoms with E-state index in [4.69, 9.17) is 9.97 Å². The summed E-state index contributed by atoms with van der Waals surface area (Å²) in [6, 6.07) is 2.69. The van der Waals surface area contributed by atoms with Gasteiger partial charge in [0.05, 0.1) is 0 Å². The minimum absolute atomic E-state index is 0.441. The minimum atomic E-state index is 0.441. The average molecular weight is 290 g/mol. The van der Waals surface area contributed by atoms with Crippen molar-refractivity contribution in [1.29, 1.82) is 0 Å². The molecule has 0 spiro atoms. The molecule has 1 aliphatic heterocycles. The first-order chi connectivity index (χ1) is 9.95. The molecule has 1 fully saturated rings. The Labute approximate surface area is 129 Å². The first kappa shape index (κ1) is 16.2. The maximum absolute atomic E-state index is 4.82. The Kier molecular flexibility index (Phi) is 5.57. The second-order valence-corrected chi connectivity index (χ2v) is 6.98. The predicted molar refractivity (Wildman–Crippen MR) is 88.9 cm³/mol. The molecular formula is C17H30N4. The molecule has 118 valence electrons. The number of nitrogens with one attached hydrogen (secondary N) is 1. The first-order valence-corrected chi connectivity index (χ1v) is 8.29. The SMILES string of the molecule is Cc1cc(C(C)C)nc(N(CC(C)C)CC2CCCN2)n1. The lowest BCUT2D eigenvalue weighted by Gasteiger charge is -2.28. The highest BCUT2D eigenvalue weighted by atomic mass is 15.3. The third kappa shape index (κ3) is 4.67. The van der Waals surface area contributed by atoms with Crippen LogP contribution in [0.1, 0.15) is 57.8 Å². The van der Waals surface area contributed by atoms with Gasteiger partial charge in [0.25, 0.3) is 0 Å². The molecule has 1 saturated heterocycles. The van der Waals surface area contributed by atoms with Gasteiger partial charge in [-0.25, -0.2) is 9.97 Å². The van der Waals surface area contributed by atoms with E-state index in [9.17, 15) is 0 Å². The van der Waals surface area contributed by atoms with Crippen LogP contribution >= 0.6 is 0 Å². The largest absolute Gasteiger partial charge is 0.339 e. The maximum Gasteiger partial charge on any atom is 0.225 e. The summed E-state index contributed by atoms with van der Waals surface area (Å²) in [6.07, 6.45) is 2.55. The van der Waals surface area contributed by atoms with Gasteiger partial charge in [-0.2, -0.15) is 0 Å². The van der Waals surface area contributed by atoms with Crippen LogP contribution in [0.4, 0.5) is 5.95 Å². The highest BCUT2D eigenvalue weighted by Gasteiger charge is 2.21. The van der Waals surface area contributed by atoms with Crippen molar-refractivity contribution in [1.82, 2.24) is 15.3 Å². The zero-order valence-corrected chi connectivity index (χ0v) is 14.2. The molecule has 4 nitrogen and oxygen atoms in total. The molecule has 0 radical (unpaired) electrons. The summed E-state index contributed by atoms with van der Waals surface area (Å²) in [7, 11) is 0. The van der Waals surface area contributed by atoms with E-state index in [1.165, 1.54) is 12.8 Å². The Morgan fingerprint density at radius 3 is 2.62 bits per heavy atom. The fourth-order valence-electron chi connectivity index (χ4n) is 2.87. The Balaban J connectivity index is 2.21. The highest BCUT2D eigenvalue weighted by Crippen LogP contribution is 2.19. The molecular weight excluding hydrogens is 260 g/mol. The molecule has 21 heavy (non-hydrogen) atoms. The number of hydrogen-bond donors (Lipinski definition) is 1. The first-order valence-electron chi connectivity index (χ1n) is 8.29. The third-order valence-electron chi connectivity index (χ3n) is 3.93. The van der Waals surface area contributed by atoms with Gasteiger partial charge in [0.2, 0.25) is 5.95 Å². The summed E-state index contributed by atoms with van der Waals surface area (Å²) in [6.45, 7) is 14.1. The van der Waals surface area contributed by atoms with Crippen molar-refractivity contribution in [3.63, 3.8) is 0 Å². The van der Waals surface area contributed by atoms with Gasteiger partial charge < -0.3 is 10.2 Å². The maximum atomic E-state index is 4.82. The molecule has 4 heteroatoms. The summed E-state index contributed by atoms with van der Waals surface area (Å²) in [5.74, 6) is 1.95. The molecule has 2 rings (SSSR count). The van der Waals surface area contributed by atoms with Gasteiger partial charge in [-0.15, -0.1) is 0 Å². The van der Waals surface area contributed by atoms with E-state index in [0.29, 0.717) is 17.9 Å². The summed E-state index contributed by atoms with van der Waals surface area (Å²) >= 11 is 0. The Morgan fingerprint density at radius 2 is 2.05 bits per heavy atom. The highest BCUT2D eigenvalue weighted by molar-refractivity contribution is 5.33. The molecule has 1 aromatic rings. The molecule has 1 aliphatic rings. The van der Waals surface area contributed by atoms with Crippen molar-refractivity contribution < 1.29 is 0 Å². The minimum Gasteiger partial charge on any atom is -0.339 e. The van der Waals surface area contributed by atoms with Crippen molar-refractivity contribution in [2.75, 3.05) is 24.5 Å². The lowest BCUT2D eigenvalue weighted by atomic mass is 10.1. The predicted octanol–water partition coefficient (Wildman–Crippen LogP) is 3.12. The molecule has 0 aliphatic carbocycles. The van der Waals surface area contributed by atoms with Gasteiger partial charge in [-0.05, 0) is 44.2 Å². The Bertz CT molecular complexity index is 450. The van der Waals surface area contributed by atoms with Gasteiger partial charge in [-0.3, -0.25) is 0 Å². The van der Waals surface area contributed by atoms with Crippen LogP contribution in [0.2, 0.25) is 0 Å². The van der Waals surface area contributed by atoms with Gasteiger partial charge in [-0.1, -0.05) is 27.7 Å². The van der Waals surface area contributed by atoms with Gasteiger partial charge in [0, 0.05) is 30.5 Å². The lowest BCUT2D eigenvalue weighted by molar-refractivity contribution is 0.532. The number of aryl methyl sites for hydroxylation is 1. The zero-order chi connectivity index (χ0) is 15.4. The molecule has 1 atom stereocenters. The van der Waals surface area contributed by atoms with Gasteiger partial charge >= 0.3 is 0 Å². The van der Waals surface area contributed by atoms with Crippen LogP contribution in [0.3, 0.4) is 0 Å². The molecule has 1 aromatic heterocycles. The Morgan fingerprint density at radius 1 is 1.29 bits per heavy atom. The third-order valence-corrected chi connectivity index (χ3v) is 3.93. The van der Waals surface area contributed by atoms with Crippen LogP contribution < -0.4 is 10.2 Å². The summed E-state index contributed by atoms with van der Waals surface area (Å²) in [5, 5.41) is 3.58. The van der Waals surface area contributed by atoms with Crippen molar-refractivity contribution in [3.8, 4) is 0 Å². The number of hydrogen-bond acceptors (Lipinski definition) is 4. The monoisotopic (exact) mass is 290 g/mol. The van der Waals surface area contributed by atoms with Crippen LogP contribution in [0.25, 0.3) is 0 Å². The number of anilines is 1. The lowest BCUT2D eigenvalue weighted by Crippen LogP contribution is -2.40. The molecule has 2 heterocycles. The number of rotatable bonds is 6. The van der Waals surface area contributed by atoms with E-state index in [0.717, 1.165) is 37.0 Å². The molecule has 0 bridgehead atoms. The standard InChI is InChI=1S/C17H30N4/c1-12(2)10-21(11-15-7-6-8-18-15)17-19-14(5)9-16(20-17)13(3)4/h9,12-13,15,18H,6-8,10-11H2,1-5H3. The van der Waals surface area contributed by atoms with Crippen LogP contribution in [0.5, 0.6) is 0 Å². The second kappa shape index (κ2) is 7.21. The normalized spacial score (nSPS) is 18.7. The number of aromatic nitrogens is 2. The van der Waals surface area contributed by atoms with Crippen molar-refractivity contribution in [2.45, 2.75) is 59.4 Å². The Hall–Kier alpha value is -1.16. The summed E-state index contributed by atoms with van der Waals surface area (Å²) < 4.78 is 0. The van der Waals surface area contributed by atoms with Crippen LogP contribution in [0, 0.1) is 12.8 Å². The van der Waals surface area contributed by atoms with E-state index in [-0.39, 0.29) is 0 Å². The van der Waals surface area contributed by atoms with Gasteiger partial charge in [0.15, 0.2) is 0 Å². The molecule has 0 aromatic carbocycles. The molecule has 1 unspecified atom stereocenters. The fraction of sp³-hybridized carbons (Fsp3) is 0.765. The molecule has 0 amide bonds. The van der Waals surface area contributed by atoms with Crippen LogP contribution in [0.15, 0.2) is 6.07 Å². The summed E-state index contributed by atoms with van der Waals surface area (Å²) in [4.78, 5) is 11.9. The van der Waals surface area contributed by atoms with E-state index in [1.54, 1.807) is 0 Å². The van der Waals surface area contributed by atoms with Crippen molar-refractivity contribution >= 4 is 5.95 Å². The molecule has 1 N–H and O–H groups in total. The van der Waals surface area contributed by atoms with Crippen molar-refractivity contribution in [2.24, 2.45) is 5.92 Å².